The minimum atomic E-state index is -2.95. The highest BCUT2D eigenvalue weighted by Gasteiger charge is 2.33. The van der Waals surface area contributed by atoms with E-state index >= 15 is 0 Å². The molecule has 1 saturated heterocycles. The Morgan fingerprint density at radius 3 is 2.73 bits per heavy atom. The van der Waals surface area contributed by atoms with Crippen LogP contribution in [0.1, 0.15) is 13.3 Å². The molecule has 1 aliphatic rings. The molecule has 1 N–H and O–H groups in total. The average Bonchev–Trinajstić information content (AvgIpc) is 2.48. The number of carbonyl (C=O) groups is 1. The Kier molecular flexibility index (Phi) is 3.73. The molecule has 0 aromatic heterocycles. The summed E-state index contributed by atoms with van der Waals surface area (Å²) in [6.45, 7) is 5.72. The Hall–Kier alpha value is -1.04. The van der Waals surface area contributed by atoms with Crippen LogP contribution in [0.5, 0.6) is 0 Å². The summed E-state index contributed by atoms with van der Waals surface area (Å²) in [6, 6.07) is -0.477. The molecule has 1 fully saturated rings. The lowest BCUT2D eigenvalue weighted by atomic mass is 10.2. The lowest BCUT2D eigenvalue weighted by Crippen LogP contribution is -2.45. The van der Waals surface area contributed by atoms with E-state index in [1.807, 2.05) is 6.92 Å². The summed E-state index contributed by atoms with van der Waals surface area (Å²) < 4.78 is 22.5. The molecule has 0 bridgehead atoms. The van der Waals surface area contributed by atoms with Crippen molar-refractivity contribution < 1.29 is 13.2 Å². The molecule has 5 nitrogen and oxygen atoms in total. The van der Waals surface area contributed by atoms with Crippen LogP contribution in [-0.2, 0) is 9.84 Å². The third-order valence-corrected chi connectivity index (χ3v) is 4.23. The zero-order valence-corrected chi connectivity index (χ0v) is 9.59. The van der Waals surface area contributed by atoms with Crippen LogP contribution >= 0.6 is 0 Å². The molecule has 0 aromatic carbocycles. The maximum atomic E-state index is 11.5. The van der Waals surface area contributed by atoms with Gasteiger partial charge in [0, 0.05) is 12.6 Å². The van der Waals surface area contributed by atoms with Gasteiger partial charge in [-0.1, -0.05) is 6.58 Å². The Morgan fingerprint density at radius 2 is 2.33 bits per heavy atom. The number of sulfone groups is 1. The number of amides is 2. The molecule has 0 saturated carbocycles. The Labute approximate surface area is 90.1 Å². The fraction of sp³-hybridized carbons (Fsp3) is 0.667. The predicted molar refractivity (Wildman–Crippen MR) is 58.2 cm³/mol. The molecule has 2 amide bonds. The zero-order chi connectivity index (χ0) is 11.5. The highest BCUT2D eigenvalue weighted by molar-refractivity contribution is 7.91. The number of nitrogens with one attached hydrogen (secondary N) is 1. The van der Waals surface area contributed by atoms with Crippen LogP contribution in [0.25, 0.3) is 0 Å². The molecule has 0 aromatic rings. The van der Waals surface area contributed by atoms with Crippen LogP contribution in [0.4, 0.5) is 4.79 Å². The molecule has 1 atom stereocenters. The van der Waals surface area contributed by atoms with Gasteiger partial charge in [0.05, 0.1) is 11.5 Å². The summed E-state index contributed by atoms with van der Waals surface area (Å²) in [5.41, 5.74) is 0. The van der Waals surface area contributed by atoms with Crippen LogP contribution in [0.2, 0.25) is 0 Å². The SMILES string of the molecule is C=CNC(=O)N(CC)C1CCS(=O)(=O)C1. The van der Waals surface area contributed by atoms with Crippen molar-refractivity contribution in [3.63, 3.8) is 0 Å². The smallest absolute Gasteiger partial charge is 0.321 e. The Balaban J connectivity index is 2.68. The van der Waals surface area contributed by atoms with Gasteiger partial charge in [0.15, 0.2) is 9.84 Å². The quantitative estimate of drug-likeness (QED) is 0.763. The first-order valence-corrected chi connectivity index (χ1v) is 6.70. The van der Waals surface area contributed by atoms with Gasteiger partial charge in [-0.3, -0.25) is 0 Å². The molecule has 1 unspecified atom stereocenters. The van der Waals surface area contributed by atoms with Gasteiger partial charge in [-0.25, -0.2) is 13.2 Å². The molecule has 0 spiro atoms. The molecule has 6 heteroatoms. The number of hydrogen-bond acceptors (Lipinski definition) is 3. The van der Waals surface area contributed by atoms with Gasteiger partial charge < -0.3 is 10.2 Å². The molecule has 0 aliphatic carbocycles. The van der Waals surface area contributed by atoms with Gasteiger partial charge in [0.2, 0.25) is 0 Å². The van der Waals surface area contributed by atoms with E-state index in [1.165, 1.54) is 11.1 Å². The number of hydrogen-bond donors (Lipinski definition) is 1. The molecule has 1 aliphatic heterocycles. The summed E-state index contributed by atoms with van der Waals surface area (Å²) in [6.07, 6.45) is 1.83. The minimum Gasteiger partial charge on any atom is -0.321 e. The second kappa shape index (κ2) is 4.65. The molecular weight excluding hydrogens is 216 g/mol. The monoisotopic (exact) mass is 232 g/mol. The molecule has 15 heavy (non-hydrogen) atoms. The van der Waals surface area contributed by atoms with Gasteiger partial charge in [0.1, 0.15) is 0 Å². The van der Waals surface area contributed by atoms with E-state index < -0.39 is 9.84 Å². The van der Waals surface area contributed by atoms with Gasteiger partial charge in [-0.2, -0.15) is 0 Å². The molecule has 1 heterocycles. The largest absolute Gasteiger partial charge is 0.321 e. The second-order valence-corrected chi connectivity index (χ2v) is 5.73. The fourth-order valence-corrected chi connectivity index (χ4v) is 3.49. The van der Waals surface area contributed by atoms with E-state index in [9.17, 15) is 13.2 Å². The molecule has 1 rings (SSSR count). The predicted octanol–water partition coefficient (Wildman–Crippen LogP) is 0.349. The van der Waals surface area contributed by atoms with E-state index in [1.54, 1.807) is 0 Å². The summed E-state index contributed by atoms with van der Waals surface area (Å²) >= 11 is 0. The third-order valence-electron chi connectivity index (χ3n) is 2.48. The van der Waals surface area contributed by atoms with Crippen LogP contribution in [-0.4, -0.2) is 43.4 Å². The van der Waals surface area contributed by atoms with Crippen LogP contribution < -0.4 is 5.32 Å². The van der Waals surface area contributed by atoms with Crippen molar-refractivity contribution in [1.82, 2.24) is 10.2 Å². The van der Waals surface area contributed by atoms with Crippen molar-refractivity contribution in [2.45, 2.75) is 19.4 Å². The Bertz CT molecular complexity index is 350. The topological polar surface area (TPSA) is 66.5 Å². The Morgan fingerprint density at radius 1 is 1.67 bits per heavy atom. The number of carbonyl (C=O) groups excluding carboxylic acids is 1. The van der Waals surface area contributed by atoms with Crippen molar-refractivity contribution >= 4 is 15.9 Å². The van der Waals surface area contributed by atoms with Gasteiger partial charge in [0.25, 0.3) is 0 Å². The summed E-state index contributed by atoms with van der Waals surface area (Å²) in [7, 11) is -2.95. The van der Waals surface area contributed by atoms with Crippen molar-refractivity contribution in [2.75, 3.05) is 18.1 Å². The first-order valence-electron chi connectivity index (χ1n) is 4.88. The highest BCUT2D eigenvalue weighted by atomic mass is 32.2. The van der Waals surface area contributed by atoms with E-state index in [2.05, 4.69) is 11.9 Å². The van der Waals surface area contributed by atoms with E-state index in [0.29, 0.717) is 13.0 Å². The van der Waals surface area contributed by atoms with Crippen molar-refractivity contribution in [2.24, 2.45) is 0 Å². The van der Waals surface area contributed by atoms with Crippen LogP contribution in [0.15, 0.2) is 12.8 Å². The second-order valence-electron chi connectivity index (χ2n) is 3.50. The highest BCUT2D eigenvalue weighted by Crippen LogP contribution is 2.17. The summed E-state index contributed by atoms with van der Waals surface area (Å²) in [4.78, 5) is 13.1. The van der Waals surface area contributed by atoms with Gasteiger partial charge in [-0.05, 0) is 19.5 Å². The van der Waals surface area contributed by atoms with E-state index in [0.717, 1.165) is 0 Å². The normalized spacial score (nSPS) is 23.4. The average molecular weight is 232 g/mol. The van der Waals surface area contributed by atoms with Crippen molar-refractivity contribution in [3.05, 3.63) is 12.8 Å². The number of rotatable bonds is 3. The first kappa shape index (κ1) is 12.0. The van der Waals surface area contributed by atoms with Crippen molar-refractivity contribution in [1.29, 1.82) is 0 Å². The lowest BCUT2D eigenvalue weighted by Gasteiger charge is -2.26. The minimum absolute atomic E-state index is 0.0748. The molecule has 0 radical (unpaired) electrons. The maximum Gasteiger partial charge on any atom is 0.321 e. The first-order chi connectivity index (χ1) is 7.00. The lowest BCUT2D eigenvalue weighted by molar-refractivity contribution is 0.187. The van der Waals surface area contributed by atoms with Crippen molar-refractivity contribution in [3.8, 4) is 0 Å². The fourth-order valence-electron chi connectivity index (χ4n) is 1.76. The summed E-state index contributed by atoms with van der Waals surface area (Å²) in [5, 5.41) is 2.46. The van der Waals surface area contributed by atoms with Crippen LogP contribution in [0, 0.1) is 0 Å². The maximum absolute atomic E-state index is 11.5. The van der Waals surface area contributed by atoms with E-state index in [-0.39, 0.29) is 23.6 Å². The molecule has 86 valence electrons. The van der Waals surface area contributed by atoms with Crippen LogP contribution in [0.3, 0.4) is 0 Å². The zero-order valence-electron chi connectivity index (χ0n) is 8.77. The van der Waals surface area contributed by atoms with Gasteiger partial charge >= 0.3 is 6.03 Å². The standard InChI is InChI=1S/C9H16N2O3S/c1-3-10-9(12)11(4-2)8-5-6-15(13,14)7-8/h3,8H,1,4-7H2,2H3,(H,10,12). The number of urea groups is 1. The van der Waals surface area contributed by atoms with E-state index in [4.69, 9.17) is 0 Å². The third kappa shape index (κ3) is 2.95. The van der Waals surface area contributed by atoms with Gasteiger partial charge in [-0.15, -0.1) is 0 Å². The number of nitrogens with zero attached hydrogens (tertiary/aromatic N) is 1. The summed E-state index contributed by atoms with van der Waals surface area (Å²) in [5.74, 6) is 0.251. The molecular formula is C9H16N2O3S.